The molecular weight excluding hydrogens is 226 g/mol. The van der Waals surface area contributed by atoms with Gasteiger partial charge in [0.1, 0.15) is 0 Å². The number of benzene rings is 1. The molecule has 17 heavy (non-hydrogen) atoms. The van der Waals surface area contributed by atoms with Crippen molar-refractivity contribution in [2.75, 3.05) is 5.32 Å². The molecule has 0 aliphatic heterocycles. The summed E-state index contributed by atoms with van der Waals surface area (Å²) in [5, 5.41) is 3.60. The fraction of sp³-hybridized carbons (Fsp3) is 0.333. The Kier molecular flexibility index (Phi) is 3.85. The van der Waals surface area contributed by atoms with E-state index in [0.717, 1.165) is 6.42 Å². The minimum Gasteiger partial charge on any atom is -0.377 e. The number of rotatable bonds is 4. The Balaban J connectivity index is 2.15. The minimum atomic E-state index is 0.376. The molecule has 0 aliphatic carbocycles. The summed E-state index contributed by atoms with van der Waals surface area (Å²) in [5.41, 5.74) is 2.64. The summed E-state index contributed by atoms with van der Waals surface area (Å²) in [5.74, 6) is 0. The van der Waals surface area contributed by atoms with E-state index in [-0.39, 0.29) is 0 Å². The molecule has 0 aliphatic rings. The van der Waals surface area contributed by atoms with E-state index in [4.69, 9.17) is 0 Å². The van der Waals surface area contributed by atoms with Crippen LogP contribution >= 0.6 is 11.3 Å². The Morgan fingerprint density at radius 2 is 1.94 bits per heavy atom. The monoisotopic (exact) mass is 245 g/mol. The summed E-state index contributed by atoms with van der Waals surface area (Å²) in [6.07, 6.45) is 1.07. The zero-order valence-corrected chi connectivity index (χ0v) is 11.5. The van der Waals surface area contributed by atoms with Gasteiger partial charge in [-0.2, -0.15) is 0 Å². The SMILES string of the molecule is CCc1ccccc1NC(C)c1ccc(C)s1. The van der Waals surface area contributed by atoms with E-state index in [9.17, 15) is 0 Å². The summed E-state index contributed by atoms with van der Waals surface area (Å²) >= 11 is 1.87. The van der Waals surface area contributed by atoms with Gasteiger partial charge < -0.3 is 5.32 Å². The number of hydrogen-bond donors (Lipinski definition) is 1. The Labute approximate surface area is 108 Å². The van der Waals surface area contributed by atoms with Gasteiger partial charge in [0.2, 0.25) is 0 Å². The third-order valence-electron chi connectivity index (χ3n) is 2.96. The third kappa shape index (κ3) is 2.89. The molecule has 1 aromatic heterocycles. The van der Waals surface area contributed by atoms with Crippen LogP contribution in [0.3, 0.4) is 0 Å². The van der Waals surface area contributed by atoms with E-state index in [2.05, 4.69) is 62.5 Å². The highest BCUT2D eigenvalue weighted by molar-refractivity contribution is 7.12. The molecule has 0 amide bonds. The lowest BCUT2D eigenvalue weighted by atomic mass is 10.1. The molecule has 2 rings (SSSR count). The maximum Gasteiger partial charge on any atom is 0.0578 e. The first-order valence-corrected chi connectivity index (χ1v) is 6.93. The van der Waals surface area contributed by atoms with Crippen LogP contribution in [0.4, 0.5) is 5.69 Å². The summed E-state index contributed by atoms with van der Waals surface area (Å²) in [7, 11) is 0. The van der Waals surface area contributed by atoms with Crippen molar-refractivity contribution in [1.29, 1.82) is 0 Å². The second kappa shape index (κ2) is 5.37. The van der Waals surface area contributed by atoms with Crippen LogP contribution in [0.5, 0.6) is 0 Å². The van der Waals surface area contributed by atoms with Gasteiger partial charge in [0.15, 0.2) is 0 Å². The molecule has 1 unspecified atom stereocenters. The summed E-state index contributed by atoms with van der Waals surface area (Å²) < 4.78 is 0. The highest BCUT2D eigenvalue weighted by atomic mass is 32.1. The molecule has 2 heteroatoms. The average Bonchev–Trinajstić information content (AvgIpc) is 2.77. The van der Waals surface area contributed by atoms with Crippen LogP contribution in [0.1, 0.15) is 35.2 Å². The number of anilines is 1. The molecule has 1 N–H and O–H groups in total. The van der Waals surface area contributed by atoms with Crippen molar-refractivity contribution in [3.05, 3.63) is 51.7 Å². The molecule has 0 spiro atoms. The van der Waals surface area contributed by atoms with E-state index < -0.39 is 0 Å². The van der Waals surface area contributed by atoms with Gasteiger partial charge in [-0.15, -0.1) is 11.3 Å². The Morgan fingerprint density at radius 3 is 2.59 bits per heavy atom. The quantitative estimate of drug-likeness (QED) is 0.816. The van der Waals surface area contributed by atoms with Gasteiger partial charge in [-0.05, 0) is 44.0 Å². The van der Waals surface area contributed by atoms with Crippen LogP contribution in [-0.4, -0.2) is 0 Å². The molecule has 0 saturated heterocycles. The van der Waals surface area contributed by atoms with E-state index >= 15 is 0 Å². The lowest BCUT2D eigenvalue weighted by molar-refractivity contribution is 0.901. The van der Waals surface area contributed by atoms with Gasteiger partial charge in [-0.3, -0.25) is 0 Å². The van der Waals surface area contributed by atoms with Crippen LogP contribution in [0.25, 0.3) is 0 Å². The van der Waals surface area contributed by atoms with Gasteiger partial charge in [0.05, 0.1) is 6.04 Å². The predicted octanol–water partition coefficient (Wildman–Crippen LogP) is 4.79. The van der Waals surface area contributed by atoms with E-state index in [1.807, 2.05) is 11.3 Å². The number of nitrogens with one attached hydrogen (secondary N) is 1. The average molecular weight is 245 g/mol. The standard InChI is InChI=1S/C15H19NS/c1-4-13-7-5-6-8-14(13)16-12(3)15-10-9-11(2)17-15/h5-10,12,16H,4H2,1-3H3. The molecule has 90 valence electrons. The third-order valence-corrected chi connectivity index (χ3v) is 4.14. The van der Waals surface area contributed by atoms with Crippen LogP contribution < -0.4 is 5.32 Å². The fourth-order valence-corrected chi connectivity index (χ4v) is 2.84. The molecule has 1 aromatic carbocycles. The fourth-order valence-electron chi connectivity index (χ4n) is 1.96. The molecule has 1 heterocycles. The smallest absolute Gasteiger partial charge is 0.0578 e. The van der Waals surface area contributed by atoms with E-state index in [1.165, 1.54) is 21.0 Å². The molecule has 0 saturated carbocycles. The van der Waals surface area contributed by atoms with Crippen LogP contribution in [0, 0.1) is 6.92 Å². The molecule has 0 bridgehead atoms. The zero-order valence-electron chi connectivity index (χ0n) is 10.7. The summed E-state index contributed by atoms with van der Waals surface area (Å²) in [4.78, 5) is 2.77. The topological polar surface area (TPSA) is 12.0 Å². The number of aryl methyl sites for hydroxylation is 2. The van der Waals surface area contributed by atoms with Crippen molar-refractivity contribution in [3.8, 4) is 0 Å². The van der Waals surface area contributed by atoms with Crippen molar-refractivity contribution in [2.45, 2.75) is 33.2 Å². The molecule has 2 aromatic rings. The Morgan fingerprint density at radius 1 is 1.18 bits per heavy atom. The lowest BCUT2D eigenvalue weighted by Crippen LogP contribution is -2.06. The van der Waals surface area contributed by atoms with Gasteiger partial charge in [0.25, 0.3) is 0 Å². The highest BCUT2D eigenvalue weighted by Gasteiger charge is 2.08. The zero-order chi connectivity index (χ0) is 12.3. The molecular formula is C15H19NS. The molecule has 1 atom stereocenters. The number of thiophene rings is 1. The maximum absolute atomic E-state index is 3.60. The predicted molar refractivity (Wildman–Crippen MR) is 76.9 cm³/mol. The summed E-state index contributed by atoms with van der Waals surface area (Å²) in [6.45, 7) is 6.57. The van der Waals surface area contributed by atoms with E-state index in [1.54, 1.807) is 0 Å². The molecule has 0 fully saturated rings. The van der Waals surface area contributed by atoms with Crippen LogP contribution in [0.15, 0.2) is 36.4 Å². The normalized spacial score (nSPS) is 12.4. The number of para-hydroxylation sites is 1. The van der Waals surface area contributed by atoms with Gasteiger partial charge in [0, 0.05) is 15.4 Å². The largest absolute Gasteiger partial charge is 0.377 e. The van der Waals surface area contributed by atoms with Crippen molar-refractivity contribution in [3.63, 3.8) is 0 Å². The van der Waals surface area contributed by atoms with Crippen molar-refractivity contribution in [1.82, 2.24) is 0 Å². The highest BCUT2D eigenvalue weighted by Crippen LogP contribution is 2.27. The summed E-state index contributed by atoms with van der Waals surface area (Å²) in [6, 6.07) is 13.3. The van der Waals surface area contributed by atoms with Crippen molar-refractivity contribution in [2.24, 2.45) is 0 Å². The lowest BCUT2D eigenvalue weighted by Gasteiger charge is -2.16. The second-order valence-corrected chi connectivity index (χ2v) is 5.64. The van der Waals surface area contributed by atoms with Crippen LogP contribution in [-0.2, 0) is 6.42 Å². The minimum absolute atomic E-state index is 0.376. The van der Waals surface area contributed by atoms with Gasteiger partial charge in [-0.25, -0.2) is 0 Å². The van der Waals surface area contributed by atoms with E-state index in [0.29, 0.717) is 6.04 Å². The van der Waals surface area contributed by atoms with Gasteiger partial charge in [-0.1, -0.05) is 25.1 Å². The Hall–Kier alpha value is -1.28. The first-order valence-electron chi connectivity index (χ1n) is 6.11. The molecule has 1 nitrogen and oxygen atoms in total. The first kappa shape index (κ1) is 12.2. The Bertz CT molecular complexity index is 487. The van der Waals surface area contributed by atoms with Gasteiger partial charge >= 0.3 is 0 Å². The van der Waals surface area contributed by atoms with Crippen molar-refractivity contribution >= 4 is 17.0 Å². The maximum atomic E-state index is 3.60. The first-order chi connectivity index (χ1) is 8.20. The molecule has 0 radical (unpaired) electrons. The van der Waals surface area contributed by atoms with Crippen LogP contribution in [0.2, 0.25) is 0 Å². The van der Waals surface area contributed by atoms with Crippen molar-refractivity contribution < 1.29 is 0 Å². The number of hydrogen-bond acceptors (Lipinski definition) is 2. The second-order valence-electron chi connectivity index (χ2n) is 4.33.